The van der Waals surface area contributed by atoms with Crippen LogP contribution in [0.4, 0.5) is 4.79 Å². The number of hydrogen-bond donors (Lipinski definition) is 2. The van der Waals surface area contributed by atoms with Crippen LogP contribution in [0.3, 0.4) is 0 Å². The van der Waals surface area contributed by atoms with E-state index in [4.69, 9.17) is 14.2 Å². The van der Waals surface area contributed by atoms with Crippen molar-refractivity contribution in [3.05, 3.63) is 11.3 Å². The van der Waals surface area contributed by atoms with Gasteiger partial charge in [0.25, 0.3) is 0 Å². The molecule has 1 rings (SSSR count). The number of hydrogen-bond acceptors (Lipinski definition) is 6. The second-order valence-corrected chi connectivity index (χ2v) is 4.47. The molecule has 8 nitrogen and oxygen atoms in total. The summed E-state index contributed by atoms with van der Waals surface area (Å²) >= 11 is 0. The summed E-state index contributed by atoms with van der Waals surface area (Å²) in [6.45, 7) is 5.48. The Labute approximate surface area is 129 Å². The molecule has 22 heavy (non-hydrogen) atoms. The summed E-state index contributed by atoms with van der Waals surface area (Å²) in [4.78, 5) is 35.1. The maximum absolute atomic E-state index is 12.1. The first-order valence-corrected chi connectivity index (χ1v) is 7.24. The summed E-state index contributed by atoms with van der Waals surface area (Å²) < 4.78 is 14.9. The predicted octanol–water partition coefficient (Wildman–Crippen LogP) is 0.475. The summed E-state index contributed by atoms with van der Waals surface area (Å²) in [5.74, 6) is -1.11. The van der Waals surface area contributed by atoms with Crippen molar-refractivity contribution < 1.29 is 28.6 Å². The first-order chi connectivity index (χ1) is 10.5. The first kappa shape index (κ1) is 18.0. The van der Waals surface area contributed by atoms with Crippen LogP contribution < -0.4 is 10.6 Å². The number of carbonyl (C=O) groups is 3. The molecular weight excluding hydrogens is 292 g/mol. The predicted molar refractivity (Wildman–Crippen MR) is 76.9 cm³/mol. The number of amides is 2. The fraction of sp³-hybridized carbons (Fsp3) is 0.643. The maximum atomic E-state index is 12.1. The molecular formula is C14H22N2O6. The van der Waals surface area contributed by atoms with Crippen LogP contribution in [0.15, 0.2) is 11.3 Å². The minimum Gasteiger partial charge on any atom is -0.463 e. The van der Waals surface area contributed by atoms with Crippen molar-refractivity contribution in [2.75, 3.05) is 26.4 Å². The first-order valence-electron chi connectivity index (χ1n) is 7.24. The van der Waals surface area contributed by atoms with Crippen molar-refractivity contribution in [1.82, 2.24) is 10.6 Å². The van der Waals surface area contributed by atoms with Gasteiger partial charge in [0.15, 0.2) is 0 Å². The van der Waals surface area contributed by atoms with Crippen LogP contribution in [0.25, 0.3) is 0 Å². The molecule has 0 aliphatic carbocycles. The van der Waals surface area contributed by atoms with Crippen molar-refractivity contribution in [2.24, 2.45) is 0 Å². The third-order valence-electron chi connectivity index (χ3n) is 2.95. The molecule has 0 aromatic rings. The molecule has 1 atom stereocenters. The smallest absolute Gasteiger partial charge is 0.338 e. The number of nitrogens with one attached hydrogen (secondary N) is 2. The Hall–Kier alpha value is -2.09. The summed E-state index contributed by atoms with van der Waals surface area (Å²) in [6.07, 6.45) is 0.512. The summed E-state index contributed by atoms with van der Waals surface area (Å²) in [6, 6.07) is -0.927. The van der Waals surface area contributed by atoms with Gasteiger partial charge in [-0.2, -0.15) is 0 Å². The quantitative estimate of drug-likeness (QED) is 0.632. The van der Waals surface area contributed by atoms with Gasteiger partial charge in [-0.25, -0.2) is 14.4 Å². The molecule has 0 unspecified atom stereocenters. The number of esters is 2. The molecule has 124 valence electrons. The fourth-order valence-electron chi connectivity index (χ4n) is 1.96. The molecule has 1 aliphatic heterocycles. The fourth-order valence-corrected chi connectivity index (χ4v) is 1.96. The van der Waals surface area contributed by atoms with Crippen molar-refractivity contribution in [3.63, 3.8) is 0 Å². The van der Waals surface area contributed by atoms with E-state index >= 15 is 0 Å². The second kappa shape index (κ2) is 9.04. The second-order valence-electron chi connectivity index (χ2n) is 4.47. The zero-order valence-electron chi connectivity index (χ0n) is 13.1. The van der Waals surface area contributed by atoms with E-state index < -0.39 is 24.0 Å². The van der Waals surface area contributed by atoms with Gasteiger partial charge in [-0.15, -0.1) is 0 Å². The molecule has 0 spiro atoms. The van der Waals surface area contributed by atoms with Gasteiger partial charge in [-0.05, 0) is 20.3 Å². The van der Waals surface area contributed by atoms with Gasteiger partial charge < -0.3 is 24.8 Å². The molecule has 0 saturated heterocycles. The Morgan fingerprint density at radius 1 is 1.14 bits per heavy atom. The molecule has 1 heterocycles. The minimum absolute atomic E-state index is 0.179. The molecule has 0 aromatic heterocycles. The van der Waals surface area contributed by atoms with Gasteiger partial charge in [0, 0.05) is 6.61 Å². The molecule has 2 amide bonds. The minimum atomic E-state index is -0.571. The molecule has 0 saturated carbocycles. The van der Waals surface area contributed by atoms with E-state index in [1.165, 1.54) is 0 Å². The van der Waals surface area contributed by atoms with E-state index in [2.05, 4.69) is 10.6 Å². The molecule has 2 N–H and O–H groups in total. The van der Waals surface area contributed by atoms with Gasteiger partial charge in [-0.1, -0.05) is 6.92 Å². The SMILES string of the molecule is CCOCC(=O)OCC1=C(C(=O)OCC)[C@H](CC)NC(=O)N1. The third-order valence-corrected chi connectivity index (χ3v) is 2.95. The summed E-state index contributed by atoms with van der Waals surface area (Å²) in [7, 11) is 0. The molecule has 0 bridgehead atoms. The molecule has 0 fully saturated rings. The topological polar surface area (TPSA) is 103 Å². The highest BCUT2D eigenvalue weighted by molar-refractivity contribution is 5.94. The van der Waals surface area contributed by atoms with Crippen molar-refractivity contribution >= 4 is 18.0 Å². The molecule has 8 heteroatoms. The normalized spacial score (nSPS) is 17.6. The lowest BCUT2D eigenvalue weighted by Gasteiger charge is -2.28. The monoisotopic (exact) mass is 314 g/mol. The van der Waals surface area contributed by atoms with Crippen LogP contribution in [0.1, 0.15) is 27.2 Å². The van der Waals surface area contributed by atoms with Gasteiger partial charge in [0.1, 0.15) is 13.2 Å². The molecule has 0 aromatic carbocycles. The van der Waals surface area contributed by atoms with Crippen molar-refractivity contribution in [2.45, 2.75) is 33.2 Å². The van der Waals surface area contributed by atoms with E-state index in [9.17, 15) is 14.4 Å². The summed E-state index contributed by atoms with van der Waals surface area (Å²) in [5, 5.41) is 5.13. The zero-order valence-corrected chi connectivity index (χ0v) is 13.1. The van der Waals surface area contributed by atoms with E-state index in [-0.39, 0.29) is 31.1 Å². The highest BCUT2D eigenvalue weighted by Crippen LogP contribution is 2.17. The average molecular weight is 314 g/mol. The Balaban J connectivity index is 2.87. The van der Waals surface area contributed by atoms with Crippen LogP contribution >= 0.6 is 0 Å². The lowest BCUT2D eigenvalue weighted by molar-refractivity contribution is -0.148. The number of rotatable bonds is 8. The van der Waals surface area contributed by atoms with Gasteiger partial charge >= 0.3 is 18.0 Å². The van der Waals surface area contributed by atoms with Crippen LogP contribution in [0.2, 0.25) is 0 Å². The Kier molecular flexibility index (Phi) is 7.38. The third kappa shape index (κ3) is 5.03. The Bertz CT molecular complexity index is 460. The van der Waals surface area contributed by atoms with Crippen LogP contribution in [0.5, 0.6) is 0 Å². The van der Waals surface area contributed by atoms with E-state index in [1.54, 1.807) is 13.8 Å². The zero-order chi connectivity index (χ0) is 16.5. The molecule has 1 aliphatic rings. The van der Waals surface area contributed by atoms with E-state index in [1.807, 2.05) is 6.92 Å². The molecule has 0 radical (unpaired) electrons. The Morgan fingerprint density at radius 2 is 1.86 bits per heavy atom. The lowest BCUT2D eigenvalue weighted by atomic mass is 10.0. The van der Waals surface area contributed by atoms with Crippen LogP contribution in [-0.2, 0) is 23.8 Å². The van der Waals surface area contributed by atoms with Crippen LogP contribution in [0, 0.1) is 0 Å². The number of urea groups is 1. The van der Waals surface area contributed by atoms with Gasteiger partial charge in [-0.3, -0.25) is 0 Å². The number of ether oxygens (including phenoxy) is 3. The van der Waals surface area contributed by atoms with Crippen molar-refractivity contribution in [1.29, 1.82) is 0 Å². The van der Waals surface area contributed by atoms with E-state index in [0.29, 0.717) is 13.0 Å². The van der Waals surface area contributed by atoms with Crippen molar-refractivity contribution in [3.8, 4) is 0 Å². The van der Waals surface area contributed by atoms with Gasteiger partial charge in [0.05, 0.1) is 23.9 Å². The average Bonchev–Trinajstić information content (AvgIpc) is 2.50. The van der Waals surface area contributed by atoms with Gasteiger partial charge in [0.2, 0.25) is 0 Å². The van der Waals surface area contributed by atoms with E-state index in [0.717, 1.165) is 0 Å². The number of carbonyl (C=O) groups excluding carboxylic acids is 3. The largest absolute Gasteiger partial charge is 0.463 e. The Morgan fingerprint density at radius 3 is 2.45 bits per heavy atom. The lowest BCUT2D eigenvalue weighted by Crippen LogP contribution is -2.51. The highest BCUT2D eigenvalue weighted by Gasteiger charge is 2.31. The van der Waals surface area contributed by atoms with Crippen LogP contribution in [-0.4, -0.2) is 50.4 Å². The highest BCUT2D eigenvalue weighted by atomic mass is 16.6. The summed E-state index contributed by atoms with van der Waals surface area (Å²) in [5.41, 5.74) is 0.507. The maximum Gasteiger partial charge on any atom is 0.338 e. The standard InChI is InChI=1S/C14H22N2O6/c1-4-9-12(13(18)21-6-3)10(16-14(19)15-9)7-22-11(17)8-20-5-2/h9H,4-8H2,1-3H3,(H2,15,16,19)/t9-/m0/s1.